The molecule has 0 atom stereocenters. The average molecular weight is 298 g/mol. The number of carbonyl (C=O) groups excluding carboxylic acids is 1. The zero-order chi connectivity index (χ0) is 15.9. The molecule has 1 amide bonds. The van der Waals surface area contributed by atoms with Crippen molar-refractivity contribution in [3.05, 3.63) is 53.6 Å². The summed E-state index contributed by atoms with van der Waals surface area (Å²) in [6.07, 6.45) is 0.416. The summed E-state index contributed by atoms with van der Waals surface area (Å²) in [4.78, 5) is 12.0. The zero-order valence-electron chi connectivity index (χ0n) is 13.3. The molecule has 22 heavy (non-hydrogen) atoms. The summed E-state index contributed by atoms with van der Waals surface area (Å²) in [6.45, 7) is 4.64. The van der Waals surface area contributed by atoms with E-state index in [9.17, 15) is 4.79 Å². The standard InChI is InChI=1S/C18H22N2O2/c1-13-5-4-6-17(14(13)2)20-18(21)11-12-19-15-7-9-16(22-3)10-8-15/h4-10,19H,11-12H2,1-3H3,(H,20,21). The molecule has 0 aliphatic carbocycles. The van der Waals surface area contributed by atoms with Gasteiger partial charge in [0.25, 0.3) is 0 Å². The molecule has 0 bridgehead atoms. The smallest absolute Gasteiger partial charge is 0.226 e. The summed E-state index contributed by atoms with van der Waals surface area (Å²) < 4.78 is 5.11. The van der Waals surface area contributed by atoms with Gasteiger partial charge in [0, 0.05) is 24.3 Å². The number of hydrogen-bond acceptors (Lipinski definition) is 3. The van der Waals surface area contributed by atoms with E-state index in [0.29, 0.717) is 13.0 Å². The number of amides is 1. The van der Waals surface area contributed by atoms with Gasteiger partial charge in [-0.15, -0.1) is 0 Å². The summed E-state index contributed by atoms with van der Waals surface area (Å²) in [6, 6.07) is 13.6. The van der Waals surface area contributed by atoms with Crippen LogP contribution in [0.2, 0.25) is 0 Å². The first kappa shape index (κ1) is 15.9. The molecule has 4 heteroatoms. The van der Waals surface area contributed by atoms with Crippen molar-refractivity contribution in [2.45, 2.75) is 20.3 Å². The molecule has 116 valence electrons. The molecular weight excluding hydrogens is 276 g/mol. The van der Waals surface area contributed by atoms with E-state index in [4.69, 9.17) is 4.74 Å². The fraction of sp³-hybridized carbons (Fsp3) is 0.278. The normalized spacial score (nSPS) is 10.1. The molecule has 0 aliphatic rings. The predicted octanol–water partition coefficient (Wildman–Crippen LogP) is 3.75. The van der Waals surface area contributed by atoms with Crippen LogP contribution in [0.15, 0.2) is 42.5 Å². The number of carbonyl (C=O) groups is 1. The van der Waals surface area contributed by atoms with E-state index in [1.807, 2.05) is 56.3 Å². The highest BCUT2D eigenvalue weighted by molar-refractivity contribution is 5.91. The van der Waals surface area contributed by atoms with Crippen molar-refractivity contribution < 1.29 is 9.53 Å². The molecule has 0 aliphatic heterocycles. The summed E-state index contributed by atoms with van der Waals surface area (Å²) in [5.41, 5.74) is 4.14. The fourth-order valence-corrected chi connectivity index (χ4v) is 2.13. The highest BCUT2D eigenvalue weighted by Crippen LogP contribution is 2.18. The molecule has 0 saturated heterocycles. The van der Waals surface area contributed by atoms with Gasteiger partial charge >= 0.3 is 0 Å². The minimum absolute atomic E-state index is 0.00899. The largest absolute Gasteiger partial charge is 0.497 e. The quantitative estimate of drug-likeness (QED) is 0.854. The van der Waals surface area contributed by atoms with E-state index < -0.39 is 0 Å². The Hall–Kier alpha value is -2.49. The van der Waals surface area contributed by atoms with Crippen LogP contribution in [0.1, 0.15) is 17.5 Å². The van der Waals surface area contributed by atoms with Crippen LogP contribution in [0.5, 0.6) is 5.75 Å². The van der Waals surface area contributed by atoms with Gasteiger partial charge in [-0.05, 0) is 55.3 Å². The molecule has 2 rings (SSSR count). The van der Waals surface area contributed by atoms with Crippen molar-refractivity contribution in [3.63, 3.8) is 0 Å². The summed E-state index contributed by atoms with van der Waals surface area (Å²) in [5.74, 6) is 0.827. The Kier molecular flexibility index (Phi) is 5.42. The van der Waals surface area contributed by atoms with Crippen LogP contribution in [-0.2, 0) is 4.79 Å². The third-order valence-corrected chi connectivity index (χ3v) is 3.65. The molecule has 2 aromatic rings. The van der Waals surface area contributed by atoms with Crippen molar-refractivity contribution in [2.75, 3.05) is 24.3 Å². The van der Waals surface area contributed by atoms with Crippen LogP contribution in [-0.4, -0.2) is 19.6 Å². The maximum absolute atomic E-state index is 12.0. The number of methoxy groups -OCH3 is 1. The Bertz CT molecular complexity index is 636. The number of aryl methyl sites for hydroxylation is 1. The number of benzene rings is 2. The average Bonchev–Trinajstić information content (AvgIpc) is 2.52. The Morgan fingerprint density at radius 1 is 1.09 bits per heavy atom. The van der Waals surface area contributed by atoms with Gasteiger partial charge in [-0.3, -0.25) is 4.79 Å². The number of nitrogens with one attached hydrogen (secondary N) is 2. The molecule has 2 aromatic carbocycles. The maximum atomic E-state index is 12.0. The van der Waals surface area contributed by atoms with E-state index >= 15 is 0 Å². The molecule has 0 spiro atoms. The van der Waals surface area contributed by atoms with Gasteiger partial charge in [-0.25, -0.2) is 0 Å². The Balaban J connectivity index is 1.81. The lowest BCUT2D eigenvalue weighted by molar-refractivity contribution is -0.115. The van der Waals surface area contributed by atoms with Crippen LogP contribution in [0, 0.1) is 13.8 Å². The Morgan fingerprint density at radius 3 is 2.50 bits per heavy atom. The summed E-state index contributed by atoms with van der Waals surface area (Å²) >= 11 is 0. The van der Waals surface area contributed by atoms with Crippen molar-refractivity contribution in [2.24, 2.45) is 0 Å². The van der Waals surface area contributed by atoms with Gasteiger partial charge in [-0.2, -0.15) is 0 Å². The van der Waals surface area contributed by atoms with Crippen molar-refractivity contribution in [1.82, 2.24) is 0 Å². The monoisotopic (exact) mass is 298 g/mol. The Labute approximate surface area is 131 Å². The Morgan fingerprint density at radius 2 is 1.82 bits per heavy atom. The second kappa shape index (κ2) is 7.50. The van der Waals surface area contributed by atoms with Gasteiger partial charge in [-0.1, -0.05) is 12.1 Å². The third-order valence-electron chi connectivity index (χ3n) is 3.65. The number of ether oxygens (including phenoxy) is 1. The van der Waals surface area contributed by atoms with Gasteiger partial charge in [0.1, 0.15) is 5.75 Å². The molecule has 0 unspecified atom stereocenters. The molecule has 0 heterocycles. The van der Waals surface area contributed by atoms with Gasteiger partial charge < -0.3 is 15.4 Å². The molecule has 0 aromatic heterocycles. The number of anilines is 2. The van der Waals surface area contributed by atoms with Crippen LogP contribution < -0.4 is 15.4 Å². The predicted molar refractivity (Wildman–Crippen MR) is 90.6 cm³/mol. The number of hydrogen-bond donors (Lipinski definition) is 2. The molecule has 0 saturated carbocycles. The topological polar surface area (TPSA) is 50.4 Å². The van der Waals surface area contributed by atoms with Crippen molar-refractivity contribution in [1.29, 1.82) is 0 Å². The van der Waals surface area contributed by atoms with Gasteiger partial charge in [0.15, 0.2) is 0 Å². The highest BCUT2D eigenvalue weighted by Gasteiger charge is 2.05. The lowest BCUT2D eigenvalue weighted by atomic mass is 10.1. The second-order valence-electron chi connectivity index (χ2n) is 5.20. The summed E-state index contributed by atoms with van der Waals surface area (Å²) in [7, 11) is 1.64. The van der Waals surface area contributed by atoms with Crippen LogP contribution in [0.4, 0.5) is 11.4 Å². The lowest BCUT2D eigenvalue weighted by Gasteiger charge is -2.11. The van der Waals surface area contributed by atoms with Crippen molar-refractivity contribution >= 4 is 17.3 Å². The SMILES string of the molecule is COc1ccc(NCCC(=O)Nc2cccc(C)c2C)cc1. The molecule has 0 radical (unpaired) electrons. The van der Waals surface area contributed by atoms with Crippen LogP contribution in [0.25, 0.3) is 0 Å². The zero-order valence-corrected chi connectivity index (χ0v) is 13.3. The van der Waals surface area contributed by atoms with Crippen LogP contribution >= 0.6 is 0 Å². The number of rotatable bonds is 6. The van der Waals surface area contributed by atoms with Gasteiger partial charge in [0.05, 0.1) is 7.11 Å². The molecule has 4 nitrogen and oxygen atoms in total. The van der Waals surface area contributed by atoms with E-state index in [-0.39, 0.29) is 5.91 Å². The first-order valence-electron chi connectivity index (χ1n) is 7.34. The van der Waals surface area contributed by atoms with E-state index in [1.165, 1.54) is 5.56 Å². The van der Waals surface area contributed by atoms with Gasteiger partial charge in [0.2, 0.25) is 5.91 Å². The molecule has 2 N–H and O–H groups in total. The minimum Gasteiger partial charge on any atom is -0.497 e. The van der Waals surface area contributed by atoms with Crippen molar-refractivity contribution in [3.8, 4) is 5.75 Å². The molecular formula is C18H22N2O2. The minimum atomic E-state index is 0.00899. The first-order chi connectivity index (χ1) is 10.6. The second-order valence-corrected chi connectivity index (χ2v) is 5.20. The van der Waals surface area contributed by atoms with Crippen LogP contribution in [0.3, 0.4) is 0 Å². The molecule has 0 fully saturated rings. The van der Waals surface area contributed by atoms with E-state index in [2.05, 4.69) is 10.6 Å². The van der Waals surface area contributed by atoms with E-state index in [1.54, 1.807) is 7.11 Å². The van der Waals surface area contributed by atoms with E-state index in [0.717, 1.165) is 22.7 Å². The lowest BCUT2D eigenvalue weighted by Crippen LogP contribution is -2.17. The summed E-state index contributed by atoms with van der Waals surface area (Å²) in [5, 5.41) is 6.18. The first-order valence-corrected chi connectivity index (χ1v) is 7.34. The highest BCUT2D eigenvalue weighted by atomic mass is 16.5. The fourth-order valence-electron chi connectivity index (χ4n) is 2.13. The maximum Gasteiger partial charge on any atom is 0.226 e. The third kappa shape index (κ3) is 4.25.